The minimum Gasteiger partial charge on any atom is -0.444 e. The van der Waals surface area contributed by atoms with Gasteiger partial charge in [0.2, 0.25) is 5.95 Å². The molecule has 0 radical (unpaired) electrons. The van der Waals surface area contributed by atoms with Crippen LogP contribution in [0.2, 0.25) is 0 Å². The van der Waals surface area contributed by atoms with Crippen molar-refractivity contribution in [1.29, 1.82) is 0 Å². The lowest BCUT2D eigenvalue weighted by molar-refractivity contribution is 0.0524. The summed E-state index contributed by atoms with van der Waals surface area (Å²) in [5.74, 6) is -0.651. The van der Waals surface area contributed by atoms with Gasteiger partial charge in [-0.05, 0) is 42.8 Å². The maximum atomic E-state index is 13.5. The van der Waals surface area contributed by atoms with Crippen molar-refractivity contribution >= 4 is 22.0 Å². The monoisotopic (exact) mass is 333 g/mol. The Hall–Kier alpha value is -1.21. The minimum atomic E-state index is -0.697. The Balaban J connectivity index is 2.58. The third-order valence-electron chi connectivity index (χ3n) is 2.10. The molecule has 5 nitrogen and oxygen atoms in total. The summed E-state index contributed by atoms with van der Waals surface area (Å²) in [5.41, 5.74) is 5.45. The highest BCUT2D eigenvalue weighted by Gasteiger charge is 2.18. The Bertz CT molecular complexity index is 463. The molecule has 1 unspecified atom stereocenters. The molecule has 0 aliphatic heterocycles. The van der Waals surface area contributed by atoms with Crippen molar-refractivity contribution in [2.24, 2.45) is 5.73 Å². The summed E-state index contributed by atoms with van der Waals surface area (Å²) >= 11 is 3.19. The molecule has 0 saturated carbocycles. The first-order chi connectivity index (χ1) is 8.69. The van der Waals surface area contributed by atoms with E-state index < -0.39 is 23.7 Å². The van der Waals surface area contributed by atoms with Gasteiger partial charge in [0.25, 0.3) is 0 Å². The van der Waals surface area contributed by atoms with E-state index in [9.17, 15) is 9.18 Å². The molecule has 0 fully saturated rings. The number of nitrogens with two attached hydrogens (primary N) is 1. The predicted octanol–water partition coefficient (Wildman–Crippen LogP) is 2.51. The Morgan fingerprint density at radius 1 is 1.63 bits per heavy atom. The molecule has 19 heavy (non-hydrogen) atoms. The summed E-state index contributed by atoms with van der Waals surface area (Å²) in [6.07, 6.45) is 0.749. The van der Waals surface area contributed by atoms with Gasteiger partial charge >= 0.3 is 6.09 Å². The summed E-state index contributed by atoms with van der Waals surface area (Å²) in [6.45, 7) is 5.32. The molecule has 0 spiro atoms. The van der Waals surface area contributed by atoms with E-state index in [-0.39, 0.29) is 12.1 Å². The first-order valence-corrected chi connectivity index (χ1v) is 6.51. The van der Waals surface area contributed by atoms with Crippen LogP contribution in [0.25, 0.3) is 0 Å². The molecule has 1 amide bonds. The maximum absolute atomic E-state index is 13.5. The zero-order chi connectivity index (χ0) is 14.6. The largest absolute Gasteiger partial charge is 0.444 e. The predicted molar refractivity (Wildman–Crippen MR) is 73.1 cm³/mol. The number of aromatic nitrogens is 1. The van der Waals surface area contributed by atoms with E-state index in [1.165, 1.54) is 12.3 Å². The van der Waals surface area contributed by atoms with E-state index in [0.29, 0.717) is 4.47 Å². The molecule has 1 aromatic heterocycles. The van der Waals surface area contributed by atoms with Gasteiger partial charge in [-0.2, -0.15) is 4.39 Å². The minimum absolute atomic E-state index is 0.0595. The SMILES string of the molecule is CC(C)(C)OC(=O)NCC(N)c1cc(Br)cnc1F. The van der Waals surface area contributed by atoms with Crippen LogP contribution >= 0.6 is 15.9 Å². The Morgan fingerprint density at radius 3 is 2.84 bits per heavy atom. The third-order valence-corrected chi connectivity index (χ3v) is 2.53. The quantitative estimate of drug-likeness (QED) is 0.833. The second-order valence-electron chi connectivity index (χ2n) is 5.02. The number of halogens is 2. The highest BCUT2D eigenvalue weighted by atomic mass is 79.9. The zero-order valence-electron chi connectivity index (χ0n) is 11.0. The van der Waals surface area contributed by atoms with Crippen molar-refractivity contribution in [1.82, 2.24) is 10.3 Å². The van der Waals surface area contributed by atoms with Gasteiger partial charge in [-0.15, -0.1) is 0 Å². The summed E-state index contributed by atoms with van der Waals surface area (Å²) in [7, 11) is 0. The Morgan fingerprint density at radius 2 is 2.26 bits per heavy atom. The van der Waals surface area contributed by atoms with Crippen molar-refractivity contribution in [3.05, 3.63) is 28.2 Å². The number of nitrogens with one attached hydrogen (secondary N) is 1. The van der Waals surface area contributed by atoms with Gasteiger partial charge in [-0.3, -0.25) is 0 Å². The van der Waals surface area contributed by atoms with Gasteiger partial charge < -0.3 is 15.8 Å². The van der Waals surface area contributed by atoms with Gasteiger partial charge in [0.1, 0.15) is 5.60 Å². The number of carbonyl (C=O) groups is 1. The lowest BCUT2D eigenvalue weighted by atomic mass is 10.1. The molecule has 1 aromatic rings. The molecule has 106 valence electrons. The number of hydrogen-bond donors (Lipinski definition) is 2. The molecular formula is C12H17BrFN3O2. The highest BCUT2D eigenvalue weighted by Crippen LogP contribution is 2.18. The standard InChI is InChI=1S/C12H17BrFN3O2/c1-12(2,3)19-11(18)17-6-9(15)8-4-7(13)5-16-10(8)14/h4-5,9H,6,15H2,1-3H3,(H,17,18). The van der Waals surface area contributed by atoms with Crippen LogP contribution in [0.1, 0.15) is 32.4 Å². The maximum Gasteiger partial charge on any atom is 0.407 e. The first kappa shape index (κ1) is 15.8. The molecule has 1 atom stereocenters. The van der Waals surface area contributed by atoms with Crippen LogP contribution in [0.5, 0.6) is 0 Å². The molecule has 0 saturated heterocycles. The molecule has 1 rings (SSSR count). The lowest BCUT2D eigenvalue weighted by Crippen LogP contribution is -2.36. The van der Waals surface area contributed by atoms with Crippen molar-refractivity contribution in [3.63, 3.8) is 0 Å². The van der Waals surface area contributed by atoms with E-state index in [2.05, 4.69) is 26.2 Å². The van der Waals surface area contributed by atoms with Crippen molar-refractivity contribution < 1.29 is 13.9 Å². The fraction of sp³-hybridized carbons (Fsp3) is 0.500. The summed E-state index contributed by atoms with van der Waals surface area (Å²) in [5, 5.41) is 2.49. The lowest BCUT2D eigenvalue weighted by Gasteiger charge is -2.21. The van der Waals surface area contributed by atoms with Gasteiger partial charge in [-0.1, -0.05) is 0 Å². The van der Waals surface area contributed by atoms with Crippen molar-refractivity contribution in [3.8, 4) is 0 Å². The molecule has 0 aromatic carbocycles. The van der Waals surface area contributed by atoms with Gasteiger partial charge in [0.05, 0.1) is 6.04 Å². The molecule has 7 heteroatoms. The number of nitrogens with zero attached hydrogens (tertiary/aromatic N) is 1. The number of hydrogen-bond acceptors (Lipinski definition) is 4. The van der Waals surface area contributed by atoms with E-state index in [0.717, 1.165) is 0 Å². The fourth-order valence-corrected chi connectivity index (χ4v) is 1.66. The summed E-state index contributed by atoms with van der Waals surface area (Å²) in [6, 6.07) is 0.835. The van der Waals surface area contributed by atoms with Crippen LogP contribution in [0, 0.1) is 5.95 Å². The van der Waals surface area contributed by atoms with E-state index in [1.54, 1.807) is 20.8 Å². The summed E-state index contributed by atoms with van der Waals surface area (Å²) < 4.78 is 19.1. The number of alkyl carbamates (subject to hydrolysis) is 1. The van der Waals surface area contributed by atoms with E-state index >= 15 is 0 Å². The normalized spacial score (nSPS) is 12.9. The number of amides is 1. The van der Waals surface area contributed by atoms with Crippen LogP contribution in [0.3, 0.4) is 0 Å². The molecule has 0 aliphatic rings. The van der Waals surface area contributed by atoms with E-state index in [4.69, 9.17) is 10.5 Å². The average Bonchev–Trinajstić information content (AvgIpc) is 2.27. The number of pyridine rings is 1. The van der Waals surface area contributed by atoms with E-state index in [1.807, 2.05) is 0 Å². The molecule has 0 aliphatic carbocycles. The number of carbonyl (C=O) groups excluding carboxylic acids is 1. The fourth-order valence-electron chi connectivity index (χ4n) is 1.32. The number of ether oxygens (including phenoxy) is 1. The van der Waals surface area contributed by atoms with Crippen LogP contribution in [0.15, 0.2) is 16.7 Å². The van der Waals surface area contributed by atoms with Gasteiger partial charge in [-0.25, -0.2) is 9.78 Å². The van der Waals surface area contributed by atoms with Gasteiger partial charge in [0.15, 0.2) is 0 Å². The topological polar surface area (TPSA) is 77.2 Å². The van der Waals surface area contributed by atoms with Crippen LogP contribution in [-0.2, 0) is 4.74 Å². The zero-order valence-corrected chi connectivity index (χ0v) is 12.6. The molecule has 0 bridgehead atoms. The van der Waals surface area contributed by atoms with Gasteiger partial charge in [0, 0.05) is 22.8 Å². The smallest absolute Gasteiger partial charge is 0.407 e. The third kappa shape index (κ3) is 5.52. The molecular weight excluding hydrogens is 317 g/mol. The number of rotatable bonds is 3. The first-order valence-electron chi connectivity index (χ1n) is 5.72. The Labute approximate surface area is 119 Å². The highest BCUT2D eigenvalue weighted by molar-refractivity contribution is 9.10. The summed E-state index contributed by atoms with van der Waals surface area (Å²) in [4.78, 5) is 15.0. The van der Waals surface area contributed by atoms with Crippen LogP contribution in [0.4, 0.5) is 9.18 Å². The molecule has 3 N–H and O–H groups in total. The second kappa shape index (κ2) is 6.29. The average molecular weight is 334 g/mol. The molecule has 1 heterocycles. The van der Waals surface area contributed by atoms with Crippen molar-refractivity contribution in [2.75, 3.05) is 6.54 Å². The second-order valence-corrected chi connectivity index (χ2v) is 5.94. The Kier molecular flexibility index (Phi) is 5.25. The van der Waals surface area contributed by atoms with Crippen molar-refractivity contribution in [2.45, 2.75) is 32.4 Å². The van der Waals surface area contributed by atoms with Crippen LogP contribution in [-0.4, -0.2) is 23.2 Å². The van der Waals surface area contributed by atoms with Crippen LogP contribution < -0.4 is 11.1 Å².